The molecule has 1 saturated heterocycles. The number of amides is 2. The van der Waals surface area contributed by atoms with E-state index in [2.05, 4.69) is 25.8 Å². The zero-order chi connectivity index (χ0) is 32.8. The zero-order valence-corrected chi connectivity index (χ0v) is 28.5. The van der Waals surface area contributed by atoms with Crippen LogP contribution in [0.3, 0.4) is 0 Å². The molecule has 4 rings (SSSR count). The van der Waals surface area contributed by atoms with Gasteiger partial charge in [-0.3, -0.25) is 19.3 Å². The van der Waals surface area contributed by atoms with E-state index in [-0.39, 0.29) is 36.3 Å². The minimum atomic E-state index is -1.14. The van der Waals surface area contributed by atoms with Crippen LogP contribution in [0.5, 0.6) is 0 Å². The third-order valence-electron chi connectivity index (χ3n) is 6.69. The largest absolute Gasteiger partial charge is 0.425 e. The van der Waals surface area contributed by atoms with Crippen molar-refractivity contribution in [3.63, 3.8) is 0 Å². The van der Waals surface area contributed by atoms with E-state index in [1.165, 1.54) is 39.8 Å². The Hall–Kier alpha value is -3.22. The number of aromatic nitrogens is 5. The molecule has 0 spiro atoms. The molecule has 0 aliphatic carbocycles. The van der Waals surface area contributed by atoms with Crippen molar-refractivity contribution in [2.24, 2.45) is 11.8 Å². The summed E-state index contributed by atoms with van der Waals surface area (Å²) in [4.78, 5) is 59.9. The first kappa shape index (κ1) is 34.6. The molecule has 2 aromatic heterocycles. The van der Waals surface area contributed by atoms with Gasteiger partial charge in [0.1, 0.15) is 17.1 Å². The van der Waals surface area contributed by atoms with Gasteiger partial charge in [0.2, 0.25) is 17.4 Å². The number of rotatable bonds is 15. The molecule has 2 amide bonds. The van der Waals surface area contributed by atoms with Crippen molar-refractivity contribution >= 4 is 63.7 Å². The van der Waals surface area contributed by atoms with Gasteiger partial charge in [0.15, 0.2) is 5.13 Å². The Kier molecular flexibility index (Phi) is 11.8. The molecule has 4 heterocycles. The molecule has 15 nitrogen and oxygen atoms in total. The number of carbonyl (C=O) groups is 4. The van der Waals surface area contributed by atoms with Gasteiger partial charge in [-0.1, -0.05) is 39.5 Å². The summed E-state index contributed by atoms with van der Waals surface area (Å²) in [6.07, 6.45) is -0.998. The van der Waals surface area contributed by atoms with Gasteiger partial charge in [-0.15, -0.1) is 28.2 Å². The first-order valence-corrected chi connectivity index (χ1v) is 17.4. The Bertz CT molecular complexity index is 1430. The second kappa shape index (κ2) is 15.4. The van der Waals surface area contributed by atoms with Crippen molar-refractivity contribution in [1.29, 1.82) is 0 Å². The molecule has 45 heavy (non-hydrogen) atoms. The maximum absolute atomic E-state index is 13.8. The average Bonchev–Trinajstić information content (AvgIpc) is 3.59. The zero-order valence-electron chi connectivity index (χ0n) is 26.1. The Labute approximate surface area is 274 Å². The highest BCUT2D eigenvalue weighted by molar-refractivity contribution is 8.01. The number of anilines is 1. The molecule has 0 bridgehead atoms. The molecule has 1 unspecified atom stereocenters. The van der Waals surface area contributed by atoms with Crippen LogP contribution in [0.15, 0.2) is 21.8 Å². The Morgan fingerprint density at radius 2 is 1.98 bits per heavy atom. The molecule has 2 aliphatic heterocycles. The fraction of sp³-hybridized carbons (Fsp3) is 0.630. The van der Waals surface area contributed by atoms with E-state index in [9.17, 15) is 19.2 Å². The van der Waals surface area contributed by atoms with Crippen LogP contribution in [0, 0.1) is 11.8 Å². The molecular formula is C27H39N9O6S3. The van der Waals surface area contributed by atoms with Gasteiger partial charge in [-0.2, -0.15) is 0 Å². The van der Waals surface area contributed by atoms with Crippen LogP contribution in [-0.2, 0) is 41.6 Å². The van der Waals surface area contributed by atoms with Crippen LogP contribution < -0.4 is 11.1 Å². The molecule has 2 aliphatic rings. The second-order valence-electron chi connectivity index (χ2n) is 11.6. The van der Waals surface area contributed by atoms with Gasteiger partial charge in [0.05, 0.1) is 18.7 Å². The number of carbonyl (C=O) groups excluding carboxylic acids is 4. The van der Waals surface area contributed by atoms with Crippen LogP contribution in [0.2, 0.25) is 0 Å². The van der Waals surface area contributed by atoms with E-state index < -0.39 is 35.6 Å². The topological polar surface area (TPSA) is 188 Å². The standard InChI is InChI=1S/C27H39N9O6S3/c1-14(2)9-19(38)41-25(15(3)4)42-24(40)21-16(12-45-27-31-32-33-35(27)8-7-34(5)6)11-43-23-20(22(39)36(21)23)30-18(37)10-17-13-44-26(28)29-17/h13-15,20,23,25H,7-12H2,1-6H3,(H2,28,29)(H,30,37)/t20-,23+,25?/m1/s1. The molecule has 0 saturated carbocycles. The van der Waals surface area contributed by atoms with Crippen molar-refractivity contribution in [2.45, 2.75) is 69.9 Å². The molecular weight excluding hydrogens is 643 g/mol. The minimum Gasteiger partial charge on any atom is -0.425 e. The summed E-state index contributed by atoms with van der Waals surface area (Å²) in [6.45, 7) is 8.63. The Balaban J connectivity index is 1.54. The number of nitrogens with zero attached hydrogens (tertiary/aromatic N) is 7. The highest BCUT2D eigenvalue weighted by Crippen LogP contribution is 2.42. The maximum atomic E-state index is 13.8. The highest BCUT2D eigenvalue weighted by atomic mass is 32.2. The molecule has 246 valence electrons. The lowest BCUT2D eigenvalue weighted by Gasteiger charge is -2.49. The molecule has 18 heteroatoms. The minimum absolute atomic E-state index is 0.0259. The number of nitrogens with one attached hydrogen (secondary N) is 1. The van der Waals surface area contributed by atoms with Crippen LogP contribution in [0.1, 0.15) is 39.8 Å². The summed E-state index contributed by atoms with van der Waals surface area (Å²) in [5.74, 6) is -1.66. The summed E-state index contributed by atoms with van der Waals surface area (Å²) >= 11 is 4.00. The fourth-order valence-electron chi connectivity index (χ4n) is 4.43. The number of hydrogen-bond donors (Lipinski definition) is 2. The first-order chi connectivity index (χ1) is 21.3. The number of nitrogen functional groups attached to an aromatic ring is 1. The summed E-state index contributed by atoms with van der Waals surface area (Å²) in [5.41, 5.74) is 6.90. The summed E-state index contributed by atoms with van der Waals surface area (Å²) < 4.78 is 12.9. The van der Waals surface area contributed by atoms with E-state index in [1.807, 2.05) is 32.8 Å². The quantitative estimate of drug-likeness (QED) is 0.119. The predicted octanol–water partition coefficient (Wildman–Crippen LogP) is 1.38. The normalized spacial score (nSPS) is 18.7. The molecule has 2 aromatic rings. The van der Waals surface area contributed by atoms with Gasteiger partial charge in [-0.25, -0.2) is 14.5 Å². The number of likely N-dealkylation sites (N-methyl/N-ethyl adjacent to an activating group) is 1. The van der Waals surface area contributed by atoms with Crippen molar-refractivity contribution < 1.29 is 28.7 Å². The fourth-order valence-corrected chi connectivity index (χ4v) is 7.38. The average molecular weight is 682 g/mol. The number of esters is 2. The first-order valence-electron chi connectivity index (χ1n) is 14.4. The number of nitrogens with two attached hydrogens (primary N) is 1. The lowest BCUT2D eigenvalue weighted by Crippen LogP contribution is -2.70. The van der Waals surface area contributed by atoms with E-state index in [4.69, 9.17) is 15.2 Å². The van der Waals surface area contributed by atoms with Crippen molar-refractivity contribution in [2.75, 3.05) is 37.9 Å². The van der Waals surface area contributed by atoms with E-state index in [0.717, 1.165) is 6.54 Å². The molecule has 0 aromatic carbocycles. The summed E-state index contributed by atoms with van der Waals surface area (Å²) in [7, 11) is 3.91. The molecule has 1 fully saturated rings. The predicted molar refractivity (Wildman–Crippen MR) is 170 cm³/mol. The second-order valence-corrected chi connectivity index (χ2v) is 14.6. The van der Waals surface area contributed by atoms with Crippen molar-refractivity contribution in [1.82, 2.24) is 40.3 Å². The van der Waals surface area contributed by atoms with Crippen molar-refractivity contribution in [3.8, 4) is 0 Å². The van der Waals surface area contributed by atoms with E-state index >= 15 is 0 Å². The SMILES string of the molecule is CC(C)CC(=O)OC(OC(=O)C1=C(CSc2nnnn2CCN(C)C)CS[C@H]2[C@H](NC(=O)Cc3csc(N)n3)C(=O)N12)C(C)C. The van der Waals surface area contributed by atoms with E-state index in [1.54, 1.807) is 23.9 Å². The summed E-state index contributed by atoms with van der Waals surface area (Å²) in [6, 6.07) is -0.835. The van der Waals surface area contributed by atoms with Crippen LogP contribution in [0.4, 0.5) is 5.13 Å². The van der Waals surface area contributed by atoms with E-state index in [0.29, 0.717) is 39.6 Å². The summed E-state index contributed by atoms with van der Waals surface area (Å²) in [5, 5.41) is 16.8. The monoisotopic (exact) mass is 681 g/mol. The van der Waals surface area contributed by atoms with Crippen LogP contribution in [0.25, 0.3) is 0 Å². The molecule has 3 N–H and O–H groups in total. The number of ether oxygens (including phenoxy) is 2. The third-order valence-corrected chi connectivity index (χ3v) is 9.80. The van der Waals surface area contributed by atoms with Gasteiger partial charge in [-0.05, 0) is 36.0 Å². The number of hydrogen-bond acceptors (Lipinski definition) is 15. The third kappa shape index (κ3) is 8.95. The van der Waals surface area contributed by atoms with Gasteiger partial charge in [0, 0.05) is 35.8 Å². The van der Waals surface area contributed by atoms with Gasteiger partial charge >= 0.3 is 11.9 Å². The number of thiazole rings is 1. The van der Waals surface area contributed by atoms with Crippen molar-refractivity contribution in [3.05, 3.63) is 22.3 Å². The molecule has 0 radical (unpaired) electrons. The van der Waals surface area contributed by atoms with Gasteiger partial charge < -0.3 is 25.4 Å². The Morgan fingerprint density at radius 1 is 1.22 bits per heavy atom. The smallest absolute Gasteiger partial charge is 0.358 e. The maximum Gasteiger partial charge on any atom is 0.358 e. The lowest BCUT2D eigenvalue weighted by molar-refractivity contribution is -0.195. The number of fused-ring (bicyclic) bond motifs is 1. The van der Waals surface area contributed by atoms with Crippen LogP contribution >= 0.6 is 34.9 Å². The van der Waals surface area contributed by atoms with Crippen LogP contribution in [-0.4, -0.2) is 109 Å². The highest BCUT2D eigenvalue weighted by Gasteiger charge is 2.54. The Morgan fingerprint density at radius 3 is 2.62 bits per heavy atom. The van der Waals surface area contributed by atoms with Gasteiger partial charge in [0.25, 0.3) is 5.91 Å². The molecule has 3 atom stereocenters. The number of thioether (sulfide) groups is 2. The number of β-lactam (4-membered cyclic amide) rings is 1. The number of tetrazole rings is 1. The lowest BCUT2D eigenvalue weighted by atomic mass is 10.0.